The van der Waals surface area contributed by atoms with Crippen molar-refractivity contribution in [3.05, 3.63) is 24.3 Å². The first-order valence-corrected chi connectivity index (χ1v) is 7.07. The average Bonchev–Trinajstić information content (AvgIpc) is 2.84. The third kappa shape index (κ3) is 4.75. The Morgan fingerprint density at radius 3 is 2.38 bits per heavy atom. The number of carbonyl (C=O) groups is 2. The van der Waals surface area contributed by atoms with E-state index in [1.807, 2.05) is 0 Å². The molecule has 0 unspecified atom stereocenters. The molecular weight excluding hydrogens is 270 g/mol. The quantitative estimate of drug-likeness (QED) is 0.730. The van der Waals surface area contributed by atoms with E-state index in [1.165, 1.54) is 0 Å². The molecule has 1 aliphatic rings. The normalized spacial score (nSPS) is 16.4. The maximum atomic E-state index is 12.0. The molecule has 0 spiro atoms. The zero-order valence-electron chi connectivity index (χ0n) is 11.9. The van der Waals surface area contributed by atoms with Crippen LogP contribution in [0.15, 0.2) is 24.3 Å². The molecule has 0 heterocycles. The van der Waals surface area contributed by atoms with Crippen molar-refractivity contribution in [1.29, 1.82) is 0 Å². The Kier molecular flexibility index (Phi) is 4.80. The van der Waals surface area contributed by atoms with Crippen LogP contribution in [0, 0.1) is 0 Å². The summed E-state index contributed by atoms with van der Waals surface area (Å²) in [5.74, 6) is -0.0831. The number of hydrogen-bond donors (Lipinski definition) is 3. The van der Waals surface area contributed by atoms with Crippen LogP contribution in [-0.4, -0.2) is 24.0 Å². The lowest BCUT2D eigenvalue weighted by atomic mass is 9.94. The minimum absolute atomic E-state index is 0.0785. The van der Waals surface area contributed by atoms with E-state index in [9.17, 15) is 9.59 Å². The Labute approximate surface area is 123 Å². The van der Waals surface area contributed by atoms with Crippen molar-refractivity contribution in [1.82, 2.24) is 0 Å². The van der Waals surface area contributed by atoms with E-state index in [1.54, 1.807) is 24.3 Å². The van der Waals surface area contributed by atoms with Crippen molar-refractivity contribution >= 4 is 17.5 Å². The highest BCUT2D eigenvalue weighted by Gasteiger charge is 2.31. The van der Waals surface area contributed by atoms with Crippen LogP contribution in [0.2, 0.25) is 0 Å². The summed E-state index contributed by atoms with van der Waals surface area (Å²) in [4.78, 5) is 22.6. The van der Waals surface area contributed by atoms with E-state index >= 15 is 0 Å². The minimum atomic E-state index is -0.530. The predicted octanol–water partition coefficient (Wildman–Crippen LogP) is 1.15. The summed E-state index contributed by atoms with van der Waals surface area (Å²) in [7, 11) is 0. The zero-order valence-corrected chi connectivity index (χ0v) is 11.9. The SMILES string of the molecule is NC(=O)COc1ccc(NC(=O)CC2(N)CCCC2)cc1. The lowest BCUT2D eigenvalue weighted by Crippen LogP contribution is -2.40. The first-order chi connectivity index (χ1) is 9.97. The summed E-state index contributed by atoms with van der Waals surface area (Å²) in [5, 5.41) is 2.82. The lowest BCUT2D eigenvalue weighted by molar-refractivity contribution is -0.120. The molecule has 1 aromatic rings. The van der Waals surface area contributed by atoms with Gasteiger partial charge in [0, 0.05) is 17.6 Å². The second-order valence-corrected chi connectivity index (χ2v) is 5.57. The molecule has 114 valence electrons. The van der Waals surface area contributed by atoms with Gasteiger partial charge in [-0.3, -0.25) is 9.59 Å². The molecule has 0 radical (unpaired) electrons. The number of nitrogens with one attached hydrogen (secondary N) is 1. The van der Waals surface area contributed by atoms with Gasteiger partial charge in [-0.1, -0.05) is 12.8 Å². The fourth-order valence-electron chi connectivity index (χ4n) is 2.57. The molecular formula is C15H21N3O3. The van der Waals surface area contributed by atoms with Gasteiger partial charge in [0.1, 0.15) is 5.75 Å². The number of primary amides is 1. The topological polar surface area (TPSA) is 107 Å². The molecule has 0 aliphatic heterocycles. The van der Waals surface area contributed by atoms with Crippen LogP contribution in [0.25, 0.3) is 0 Å². The maximum absolute atomic E-state index is 12.0. The molecule has 2 rings (SSSR count). The largest absolute Gasteiger partial charge is 0.484 e. The number of rotatable bonds is 6. The van der Waals surface area contributed by atoms with E-state index in [0.717, 1.165) is 25.7 Å². The molecule has 1 aromatic carbocycles. The third-order valence-electron chi connectivity index (χ3n) is 3.63. The van der Waals surface area contributed by atoms with E-state index < -0.39 is 5.91 Å². The van der Waals surface area contributed by atoms with Crippen LogP contribution < -0.4 is 21.5 Å². The van der Waals surface area contributed by atoms with Crippen LogP contribution in [-0.2, 0) is 9.59 Å². The summed E-state index contributed by atoms with van der Waals surface area (Å²) < 4.78 is 5.14. The van der Waals surface area contributed by atoms with Crippen molar-refractivity contribution in [3.8, 4) is 5.75 Å². The highest BCUT2D eigenvalue weighted by atomic mass is 16.5. The summed E-state index contributed by atoms with van der Waals surface area (Å²) in [6, 6.07) is 6.77. The van der Waals surface area contributed by atoms with Crippen LogP contribution >= 0.6 is 0 Å². The van der Waals surface area contributed by atoms with E-state index in [0.29, 0.717) is 17.9 Å². The van der Waals surface area contributed by atoms with Crippen molar-refractivity contribution in [2.45, 2.75) is 37.6 Å². The number of benzene rings is 1. The number of nitrogens with two attached hydrogens (primary N) is 2. The molecule has 6 heteroatoms. The number of carbonyl (C=O) groups excluding carboxylic acids is 2. The van der Waals surface area contributed by atoms with Crippen LogP contribution in [0.4, 0.5) is 5.69 Å². The molecule has 21 heavy (non-hydrogen) atoms. The standard InChI is InChI=1S/C15H21N3O3/c16-13(19)10-21-12-5-3-11(4-6-12)18-14(20)9-15(17)7-1-2-8-15/h3-6H,1-2,7-10,17H2,(H2,16,19)(H,18,20). The Morgan fingerprint density at radius 1 is 1.19 bits per heavy atom. The van der Waals surface area contributed by atoms with Gasteiger partial charge in [0.2, 0.25) is 5.91 Å². The monoisotopic (exact) mass is 291 g/mol. The van der Waals surface area contributed by atoms with Crippen LogP contribution in [0.1, 0.15) is 32.1 Å². The third-order valence-corrected chi connectivity index (χ3v) is 3.63. The highest BCUT2D eigenvalue weighted by Crippen LogP contribution is 2.30. The van der Waals surface area contributed by atoms with Gasteiger partial charge in [-0.15, -0.1) is 0 Å². The second kappa shape index (κ2) is 6.58. The molecule has 0 aromatic heterocycles. The van der Waals surface area contributed by atoms with Gasteiger partial charge in [-0.05, 0) is 37.1 Å². The summed E-state index contributed by atoms with van der Waals surface area (Å²) in [6.45, 7) is -0.165. The van der Waals surface area contributed by atoms with Gasteiger partial charge in [0.15, 0.2) is 6.61 Å². The number of hydrogen-bond acceptors (Lipinski definition) is 4. The van der Waals surface area contributed by atoms with E-state index in [-0.39, 0.29) is 18.1 Å². The predicted molar refractivity (Wildman–Crippen MR) is 79.8 cm³/mol. The molecule has 0 atom stereocenters. The van der Waals surface area contributed by atoms with Gasteiger partial charge < -0.3 is 21.5 Å². The lowest BCUT2D eigenvalue weighted by Gasteiger charge is -2.22. The second-order valence-electron chi connectivity index (χ2n) is 5.57. The maximum Gasteiger partial charge on any atom is 0.255 e. The molecule has 5 N–H and O–H groups in total. The minimum Gasteiger partial charge on any atom is -0.484 e. The molecule has 1 aliphatic carbocycles. The molecule has 6 nitrogen and oxygen atoms in total. The van der Waals surface area contributed by atoms with Gasteiger partial charge in [0.05, 0.1) is 0 Å². The molecule has 1 fully saturated rings. The van der Waals surface area contributed by atoms with E-state index in [2.05, 4.69) is 5.32 Å². The fraction of sp³-hybridized carbons (Fsp3) is 0.467. The molecule has 0 bridgehead atoms. The van der Waals surface area contributed by atoms with E-state index in [4.69, 9.17) is 16.2 Å². The number of anilines is 1. The van der Waals surface area contributed by atoms with Gasteiger partial charge in [0.25, 0.3) is 5.91 Å². The Hall–Kier alpha value is -2.08. The Balaban J connectivity index is 1.85. The van der Waals surface area contributed by atoms with Crippen molar-refractivity contribution in [2.75, 3.05) is 11.9 Å². The number of ether oxygens (including phenoxy) is 1. The molecule has 2 amide bonds. The number of amides is 2. The van der Waals surface area contributed by atoms with Crippen LogP contribution in [0.5, 0.6) is 5.75 Å². The Morgan fingerprint density at radius 2 is 1.81 bits per heavy atom. The molecule has 1 saturated carbocycles. The van der Waals surface area contributed by atoms with Crippen LogP contribution in [0.3, 0.4) is 0 Å². The first-order valence-electron chi connectivity index (χ1n) is 7.07. The van der Waals surface area contributed by atoms with Crippen molar-refractivity contribution in [2.24, 2.45) is 11.5 Å². The van der Waals surface area contributed by atoms with Crippen molar-refractivity contribution in [3.63, 3.8) is 0 Å². The summed E-state index contributed by atoms with van der Waals surface area (Å²) >= 11 is 0. The van der Waals surface area contributed by atoms with Crippen molar-refractivity contribution < 1.29 is 14.3 Å². The summed E-state index contributed by atoms with van der Waals surface area (Å²) in [6.07, 6.45) is 4.33. The molecule has 0 saturated heterocycles. The first kappa shape index (κ1) is 15.3. The Bertz CT molecular complexity index is 507. The van der Waals surface area contributed by atoms with Gasteiger partial charge in [-0.25, -0.2) is 0 Å². The van der Waals surface area contributed by atoms with Gasteiger partial charge in [-0.2, -0.15) is 0 Å². The van der Waals surface area contributed by atoms with Gasteiger partial charge >= 0.3 is 0 Å². The zero-order chi connectivity index (χ0) is 15.3. The fourth-order valence-corrected chi connectivity index (χ4v) is 2.57. The average molecular weight is 291 g/mol. The summed E-state index contributed by atoms with van der Waals surface area (Å²) in [5.41, 5.74) is 11.5. The highest BCUT2D eigenvalue weighted by molar-refractivity contribution is 5.91. The smallest absolute Gasteiger partial charge is 0.255 e.